The lowest BCUT2D eigenvalue weighted by Gasteiger charge is -2.22. The summed E-state index contributed by atoms with van der Waals surface area (Å²) in [7, 11) is -4.39. The summed E-state index contributed by atoms with van der Waals surface area (Å²) in [6.07, 6.45) is 3.90. The molecule has 0 atom stereocenters. The largest absolute Gasteiger partial charge is 0.459 e. The summed E-state index contributed by atoms with van der Waals surface area (Å²) in [5, 5.41) is 4.82. The fraction of sp³-hybridized carbons (Fsp3) is 0.462. The van der Waals surface area contributed by atoms with E-state index < -0.39 is 38.1 Å². The highest BCUT2D eigenvalue weighted by Gasteiger charge is 2.25. The summed E-state index contributed by atoms with van der Waals surface area (Å²) < 4.78 is 54.6. The van der Waals surface area contributed by atoms with E-state index in [4.69, 9.17) is 9.88 Å². The fourth-order valence-corrected chi connectivity index (χ4v) is 2.91. The lowest BCUT2D eigenvalue weighted by molar-refractivity contribution is 0.0205. The second kappa shape index (κ2) is 6.07. The van der Waals surface area contributed by atoms with Gasteiger partial charge in [-0.15, -0.1) is 0 Å². The Morgan fingerprint density at radius 1 is 1.14 bits per heavy atom. The molecule has 0 saturated heterocycles. The number of benzene rings is 1. The summed E-state index contributed by atoms with van der Waals surface area (Å²) >= 11 is 0. The van der Waals surface area contributed by atoms with Crippen molar-refractivity contribution in [3.8, 4) is 0 Å². The second-order valence-corrected chi connectivity index (χ2v) is 6.50. The molecule has 1 aliphatic carbocycles. The van der Waals surface area contributed by atoms with Crippen LogP contribution in [-0.4, -0.2) is 20.5 Å². The number of carbonyl (C=O) groups excluding carboxylic acids is 1. The number of carbonyl (C=O) groups is 1. The molecule has 21 heavy (non-hydrogen) atoms. The highest BCUT2D eigenvalue weighted by Crippen LogP contribution is 2.24. The van der Waals surface area contributed by atoms with Crippen molar-refractivity contribution in [3.05, 3.63) is 29.3 Å². The highest BCUT2D eigenvalue weighted by molar-refractivity contribution is 7.89. The first-order valence-electron chi connectivity index (χ1n) is 6.52. The molecule has 1 aliphatic rings. The zero-order valence-corrected chi connectivity index (χ0v) is 12.0. The topological polar surface area (TPSA) is 86.5 Å². The van der Waals surface area contributed by atoms with Gasteiger partial charge in [0.1, 0.15) is 22.6 Å². The number of nitrogens with two attached hydrogens (primary N) is 1. The molecule has 0 heterocycles. The van der Waals surface area contributed by atoms with Crippen LogP contribution in [0.25, 0.3) is 0 Å². The predicted octanol–water partition coefficient (Wildman–Crippen LogP) is 2.10. The Hall–Kier alpha value is -1.54. The maximum Gasteiger partial charge on any atom is 0.341 e. The maximum absolute atomic E-state index is 13.6. The van der Waals surface area contributed by atoms with Gasteiger partial charge in [0.05, 0.1) is 5.56 Å². The molecule has 5 nitrogen and oxygen atoms in total. The second-order valence-electron chi connectivity index (χ2n) is 4.97. The molecule has 2 N–H and O–H groups in total. The van der Waals surface area contributed by atoms with Gasteiger partial charge in [-0.2, -0.15) is 0 Å². The quantitative estimate of drug-likeness (QED) is 0.864. The smallest absolute Gasteiger partial charge is 0.341 e. The van der Waals surface area contributed by atoms with Crippen LogP contribution >= 0.6 is 0 Å². The number of rotatable bonds is 3. The van der Waals surface area contributed by atoms with E-state index in [1.54, 1.807) is 0 Å². The third-order valence-electron chi connectivity index (χ3n) is 3.37. The minimum atomic E-state index is -4.39. The van der Waals surface area contributed by atoms with E-state index in [-0.39, 0.29) is 6.10 Å². The minimum Gasteiger partial charge on any atom is -0.459 e. The van der Waals surface area contributed by atoms with Gasteiger partial charge >= 0.3 is 5.97 Å². The lowest BCUT2D eigenvalue weighted by atomic mass is 9.98. The number of ether oxygens (including phenoxy) is 1. The molecular weight excluding hydrogens is 304 g/mol. The van der Waals surface area contributed by atoms with E-state index in [1.807, 2.05) is 0 Å². The average molecular weight is 319 g/mol. The summed E-state index contributed by atoms with van der Waals surface area (Å²) in [4.78, 5) is 11.0. The van der Waals surface area contributed by atoms with Crippen LogP contribution in [0.5, 0.6) is 0 Å². The first kappa shape index (κ1) is 15.8. The first-order chi connectivity index (χ1) is 9.79. The van der Waals surface area contributed by atoms with Gasteiger partial charge in [-0.1, -0.05) is 6.42 Å². The third kappa shape index (κ3) is 3.76. The molecule has 116 valence electrons. The summed E-state index contributed by atoms with van der Waals surface area (Å²) in [6, 6.07) is 0.891. The summed E-state index contributed by atoms with van der Waals surface area (Å²) in [6.45, 7) is 0. The number of halogens is 2. The van der Waals surface area contributed by atoms with E-state index in [0.717, 1.165) is 19.3 Å². The number of hydrogen-bond acceptors (Lipinski definition) is 4. The van der Waals surface area contributed by atoms with Gasteiger partial charge in [0, 0.05) is 6.07 Å². The van der Waals surface area contributed by atoms with Crippen LogP contribution < -0.4 is 5.14 Å². The van der Waals surface area contributed by atoms with E-state index in [0.29, 0.717) is 25.0 Å². The van der Waals surface area contributed by atoms with Gasteiger partial charge in [-0.05, 0) is 31.7 Å². The van der Waals surface area contributed by atoms with Crippen LogP contribution in [0.4, 0.5) is 8.78 Å². The van der Waals surface area contributed by atoms with Crippen molar-refractivity contribution >= 4 is 16.0 Å². The van der Waals surface area contributed by atoms with E-state index >= 15 is 0 Å². The van der Waals surface area contributed by atoms with Gasteiger partial charge in [-0.3, -0.25) is 0 Å². The van der Waals surface area contributed by atoms with E-state index in [1.165, 1.54) is 0 Å². The first-order valence-corrected chi connectivity index (χ1v) is 8.06. The van der Waals surface area contributed by atoms with Crippen molar-refractivity contribution < 1.29 is 26.7 Å². The van der Waals surface area contributed by atoms with E-state index in [2.05, 4.69) is 0 Å². The Bertz CT molecular complexity index is 654. The monoisotopic (exact) mass is 319 g/mol. The molecule has 1 fully saturated rings. The molecule has 0 unspecified atom stereocenters. The van der Waals surface area contributed by atoms with Gasteiger partial charge in [-0.25, -0.2) is 27.1 Å². The van der Waals surface area contributed by atoms with Crippen molar-refractivity contribution in [2.45, 2.75) is 43.1 Å². The van der Waals surface area contributed by atoms with Crippen molar-refractivity contribution in [1.29, 1.82) is 0 Å². The minimum absolute atomic E-state index is 0.317. The van der Waals surface area contributed by atoms with E-state index in [9.17, 15) is 22.0 Å². The molecule has 0 bridgehead atoms. The van der Waals surface area contributed by atoms with Crippen molar-refractivity contribution in [3.63, 3.8) is 0 Å². The van der Waals surface area contributed by atoms with Crippen molar-refractivity contribution in [1.82, 2.24) is 0 Å². The van der Waals surface area contributed by atoms with Gasteiger partial charge < -0.3 is 4.74 Å². The average Bonchev–Trinajstić information content (AvgIpc) is 2.38. The predicted molar refractivity (Wildman–Crippen MR) is 70.0 cm³/mol. The maximum atomic E-state index is 13.6. The molecule has 8 heteroatoms. The molecule has 0 spiro atoms. The molecule has 2 rings (SSSR count). The van der Waals surface area contributed by atoms with Crippen LogP contribution in [0.15, 0.2) is 17.0 Å². The Labute approximate surface area is 121 Å². The third-order valence-corrected chi connectivity index (χ3v) is 4.30. The normalized spacial score (nSPS) is 16.7. The van der Waals surface area contributed by atoms with Crippen molar-refractivity contribution in [2.24, 2.45) is 5.14 Å². The molecule has 1 aromatic rings. The summed E-state index contributed by atoms with van der Waals surface area (Å²) in [5.41, 5.74) is -0.633. The lowest BCUT2D eigenvalue weighted by Crippen LogP contribution is -2.22. The molecule has 0 radical (unpaired) electrons. The van der Waals surface area contributed by atoms with Gasteiger partial charge in [0.2, 0.25) is 10.0 Å². The molecule has 0 aliphatic heterocycles. The molecule has 1 saturated carbocycles. The van der Waals surface area contributed by atoms with Crippen molar-refractivity contribution in [2.75, 3.05) is 0 Å². The molecule has 0 amide bonds. The standard InChI is InChI=1S/C13H15F2NO4S/c14-10-7-11(15)12(21(16,18)19)6-9(10)13(17)20-8-4-2-1-3-5-8/h6-8H,1-5H2,(H2,16,18,19). The van der Waals surface area contributed by atoms with Crippen LogP contribution in [-0.2, 0) is 14.8 Å². The number of primary sulfonamides is 1. The number of esters is 1. The Morgan fingerprint density at radius 2 is 1.76 bits per heavy atom. The molecular formula is C13H15F2NO4S. The Kier molecular flexibility index (Phi) is 4.58. The molecule has 1 aromatic carbocycles. The highest BCUT2D eigenvalue weighted by atomic mass is 32.2. The fourth-order valence-electron chi connectivity index (χ4n) is 2.30. The van der Waals surface area contributed by atoms with Crippen LogP contribution in [0.1, 0.15) is 42.5 Å². The van der Waals surface area contributed by atoms with Crippen LogP contribution in [0.3, 0.4) is 0 Å². The van der Waals surface area contributed by atoms with Gasteiger partial charge in [0.25, 0.3) is 0 Å². The number of sulfonamides is 1. The summed E-state index contributed by atoms with van der Waals surface area (Å²) in [5.74, 6) is -3.53. The Balaban J connectivity index is 2.28. The zero-order valence-electron chi connectivity index (χ0n) is 11.1. The van der Waals surface area contributed by atoms with Crippen LogP contribution in [0.2, 0.25) is 0 Å². The Morgan fingerprint density at radius 3 is 2.33 bits per heavy atom. The molecule has 0 aromatic heterocycles. The number of hydrogen-bond donors (Lipinski definition) is 1. The van der Waals surface area contributed by atoms with Gasteiger partial charge in [0.15, 0.2) is 0 Å². The zero-order chi connectivity index (χ0) is 15.6. The van der Waals surface area contributed by atoms with Crippen LogP contribution in [0, 0.1) is 11.6 Å². The SMILES string of the molecule is NS(=O)(=O)c1cc(C(=O)OC2CCCCC2)c(F)cc1F.